The highest BCUT2D eigenvalue weighted by Crippen LogP contribution is 2.17. The summed E-state index contributed by atoms with van der Waals surface area (Å²) in [5, 5.41) is 22.2. The lowest BCUT2D eigenvalue weighted by Gasteiger charge is -2.19. The second kappa shape index (κ2) is 4.72. The number of nitrogens with zero attached hydrogens (tertiary/aromatic N) is 3. The Balaban J connectivity index is 2.04. The van der Waals surface area contributed by atoms with Gasteiger partial charge in [0.25, 0.3) is 0 Å². The van der Waals surface area contributed by atoms with Crippen molar-refractivity contribution in [2.75, 3.05) is 13.2 Å². The Labute approximate surface area is 88.8 Å². The van der Waals surface area contributed by atoms with Crippen LogP contribution in [-0.2, 0) is 19.4 Å². The van der Waals surface area contributed by atoms with E-state index >= 15 is 0 Å². The van der Waals surface area contributed by atoms with Crippen LogP contribution in [0.15, 0.2) is 0 Å². The molecule has 0 saturated carbocycles. The minimum absolute atomic E-state index is 0.184. The third kappa shape index (κ3) is 2.35. The van der Waals surface area contributed by atoms with Gasteiger partial charge in [0.2, 0.25) is 0 Å². The number of aromatic nitrogens is 3. The molecule has 2 N–H and O–H groups in total. The predicted molar refractivity (Wildman–Crippen MR) is 54.3 cm³/mol. The average Bonchev–Trinajstić information content (AvgIpc) is 2.67. The number of fused-ring (bicyclic) bond motifs is 1. The molecule has 1 aromatic heterocycles. The molecule has 15 heavy (non-hydrogen) atoms. The molecular formula is C10H17N3O2. The summed E-state index contributed by atoms with van der Waals surface area (Å²) in [5.41, 5.74) is 0. The summed E-state index contributed by atoms with van der Waals surface area (Å²) >= 11 is 0. The highest BCUT2D eigenvalue weighted by atomic mass is 16.3. The lowest BCUT2D eigenvalue weighted by atomic mass is 10.0. The standard InChI is InChI=1S/C10H17N3O2/c14-5-1-2-9-11-10-4-3-8(7-15)6-13(10)12-9/h8,14-15H,1-7H2. The van der Waals surface area contributed by atoms with Crippen LogP contribution in [0.1, 0.15) is 24.5 Å². The maximum Gasteiger partial charge on any atom is 0.151 e. The number of aryl methyl sites for hydroxylation is 2. The molecule has 1 aromatic rings. The quantitative estimate of drug-likeness (QED) is 0.721. The summed E-state index contributed by atoms with van der Waals surface area (Å²) in [6.45, 7) is 1.19. The second-order valence-corrected chi connectivity index (χ2v) is 4.04. The normalized spacial score (nSPS) is 20.3. The van der Waals surface area contributed by atoms with Gasteiger partial charge in [-0.3, -0.25) is 0 Å². The molecule has 1 unspecified atom stereocenters. The molecule has 0 bridgehead atoms. The number of rotatable bonds is 4. The molecule has 0 aliphatic carbocycles. The van der Waals surface area contributed by atoms with E-state index in [9.17, 15) is 0 Å². The summed E-state index contributed by atoms with van der Waals surface area (Å²) in [5.74, 6) is 2.16. The molecule has 84 valence electrons. The Morgan fingerprint density at radius 1 is 1.40 bits per heavy atom. The van der Waals surface area contributed by atoms with Crippen LogP contribution in [0.25, 0.3) is 0 Å². The van der Waals surface area contributed by atoms with Gasteiger partial charge in [-0.15, -0.1) is 0 Å². The first-order valence-electron chi connectivity index (χ1n) is 5.47. The van der Waals surface area contributed by atoms with Gasteiger partial charge in [-0.25, -0.2) is 9.67 Å². The van der Waals surface area contributed by atoms with Gasteiger partial charge in [-0.1, -0.05) is 0 Å². The maximum atomic E-state index is 9.07. The third-order valence-electron chi connectivity index (χ3n) is 2.82. The van der Waals surface area contributed by atoms with E-state index in [2.05, 4.69) is 10.1 Å². The Morgan fingerprint density at radius 2 is 2.27 bits per heavy atom. The van der Waals surface area contributed by atoms with Crippen molar-refractivity contribution in [1.29, 1.82) is 0 Å². The zero-order chi connectivity index (χ0) is 10.7. The second-order valence-electron chi connectivity index (χ2n) is 4.04. The van der Waals surface area contributed by atoms with Crippen molar-refractivity contribution in [1.82, 2.24) is 14.8 Å². The minimum Gasteiger partial charge on any atom is -0.396 e. The van der Waals surface area contributed by atoms with Crippen LogP contribution in [-0.4, -0.2) is 38.2 Å². The molecule has 0 spiro atoms. The molecule has 5 heteroatoms. The van der Waals surface area contributed by atoms with E-state index in [0.717, 1.165) is 37.5 Å². The average molecular weight is 211 g/mol. The van der Waals surface area contributed by atoms with E-state index in [1.54, 1.807) is 0 Å². The molecule has 1 aliphatic rings. The number of aliphatic hydroxyl groups is 2. The minimum atomic E-state index is 0.184. The summed E-state index contributed by atoms with van der Waals surface area (Å²) in [7, 11) is 0. The zero-order valence-corrected chi connectivity index (χ0v) is 8.76. The van der Waals surface area contributed by atoms with Crippen molar-refractivity contribution in [3.05, 3.63) is 11.6 Å². The van der Waals surface area contributed by atoms with Crippen LogP contribution in [0, 0.1) is 5.92 Å². The van der Waals surface area contributed by atoms with Crippen molar-refractivity contribution >= 4 is 0 Å². The van der Waals surface area contributed by atoms with Crippen LogP contribution >= 0.6 is 0 Å². The third-order valence-corrected chi connectivity index (χ3v) is 2.82. The Morgan fingerprint density at radius 3 is 3.00 bits per heavy atom. The first kappa shape index (κ1) is 10.6. The van der Waals surface area contributed by atoms with E-state index in [1.165, 1.54) is 0 Å². The molecule has 1 aliphatic heterocycles. The molecular weight excluding hydrogens is 194 g/mol. The lowest BCUT2D eigenvalue weighted by Crippen LogP contribution is -2.23. The molecule has 0 fully saturated rings. The molecule has 0 aromatic carbocycles. The highest BCUT2D eigenvalue weighted by Gasteiger charge is 2.20. The van der Waals surface area contributed by atoms with Crippen LogP contribution in [0.4, 0.5) is 0 Å². The van der Waals surface area contributed by atoms with Crippen molar-refractivity contribution in [3.8, 4) is 0 Å². The summed E-state index contributed by atoms with van der Waals surface area (Å²) in [6.07, 6.45) is 3.35. The van der Waals surface area contributed by atoms with Crippen LogP contribution in [0.3, 0.4) is 0 Å². The summed E-state index contributed by atoms with van der Waals surface area (Å²) in [4.78, 5) is 4.42. The predicted octanol–water partition coefficient (Wildman–Crippen LogP) is -0.242. The Bertz CT molecular complexity index is 324. The zero-order valence-electron chi connectivity index (χ0n) is 8.76. The number of hydrogen-bond donors (Lipinski definition) is 2. The van der Waals surface area contributed by atoms with Gasteiger partial charge in [0.05, 0.1) is 0 Å². The largest absolute Gasteiger partial charge is 0.396 e. The van der Waals surface area contributed by atoms with Gasteiger partial charge >= 0.3 is 0 Å². The van der Waals surface area contributed by atoms with Crippen molar-refractivity contribution < 1.29 is 10.2 Å². The summed E-state index contributed by atoms with van der Waals surface area (Å²) in [6, 6.07) is 0. The maximum absolute atomic E-state index is 9.07. The Hall–Kier alpha value is -0.940. The van der Waals surface area contributed by atoms with Gasteiger partial charge in [0, 0.05) is 38.5 Å². The number of hydrogen-bond acceptors (Lipinski definition) is 4. The summed E-state index contributed by atoms with van der Waals surface area (Å²) < 4.78 is 1.90. The van der Waals surface area contributed by atoms with Crippen molar-refractivity contribution in [3.63, 3.8) is 0 Å². The fraction of sp³-hybridized carbons (Fsp3) is 0.800. The van der Waals surface area contributed by atoms with Gasteiger partial charge < -0.3 is 10.2 Å². The van der Waals surface area contributed by atoms with E-state index in [1.807, 2.05) is 4.68 Å². The van der Waals surface area contributed by atoms with Crippen LogP contribution < -0.4 is 0 Å². The van der Waals surface area contributed by atoms with Gasteiger partial charge in [-0.2, -0.15) is 5.10 Å². The molecule has 2 rings (SSSR count). The van der Waals surface area contributed by atoms with Gasteiger partial charge in [0.1, 0.15) is 5.82 Å². The monoisotopic (exact) mass is 211 g/mol. The fourth-order valence-electron chi connectivity index (χ4n) is 1.92. The molecule has 0 amide bonds. The SMILES string of the molecule is OCCCc1nc2n(n1)CC(CO)CC2. The Kier molecular flexibility index (Phi) is 3.33. The topological polar surface area (TPSA) is 71.2 Å². The fourth-order valence-corrected chi connectivity index (χ4v) is 1.92. The molecule has 2 heterocycles. The van der Waals surface area contributed by atoms with E-state index in [0.29, 0.717) is 12.3 Å². The van der Waals surface area contributed by atoms with E-state index in [4.69, 9.17) is 10.2 Å². The first-order chi connectivity index (χ1) is 7.33. The van der Waals surface area contributed by atoms with E-state index in [-0.39, 0.29) is 13.2 Å². The van der Waals surface area contributed by atoms with Crippen LogP contribution in [0.2, 0.25) is 0 Å². The first-order valence-corrected chi connectivity index (χ1v) is 5.47. The molecule has 5 nitrogen and oxygen atoms in total. The molecule has 1 atom stereocenters. The number of aliphatic hydroxyl groups excluding tert-OH is 2. The molecule has 0 radical (unpaired) electrons. The van der Waals surface area contributed by atoms with Crippen molar-refractivity contribution in [2.45, 2.75) is 32.2 Å². The van der Waals surface area contributed by atoms with Crippen molar-refractivity contribution in [2.24, 2.45) is 5.92 Å². The highest BCUT2D eigenvalue weighted by molar-refractivity contribution is 4.97. The smallest absolute Gasteiger partial charge is 0.151 e. The van der Waals surface area contributed by atoms with Gasteiger partial charge in [-0.05, 0) is 12.8 Å². The lowest BCUT2D eigenvalue weighted by molar-refractivity contribution is 0.185. The van der Waals surface area contributed by atoms with E-state index < -0.39 is 0 Å². The molecule has 0 saturated heterocycles. The van der Waals surface area contributed by atoms with Gasteiger partial charge in [0.15, 0.2) is 5.82 Å². The van der Waals surface area contributed by atoms with Crippen LogP contribution in [0.5, 0.6) is 0 Å².